The predicted molar refractivity (Wildman–Crippen MR) is 87.8 cm³/mol. The molecule has 0 bridgehead atoms. The molecule has 4 nitrogen and oxygen atoms in total. The van der Waals surface area contributed by atoms with Gasteiger partial charge in [0.05, 0.1) is 0 Å². The third-order valence-corrected chi connectivity index (χ3v) is 5.13. The summed E-state index contributed by atoms with van der Waals surface area (Å²) in [5, 5.41) is 0. The molecule has 23 heavy (non-hydrogen) atoms. The normalized spacial score (nSPS) is 24.2. The summed E-state index contributed by atoms with van der Waals surface area (Å²) in [4.78, 5) is 37.3. The zero-order chi connectivity index (χ0) is 16.6. The second-order valence-electron chi connectivity index (χ2n) is 7.17. The maximum atomic E-state index is 12.5. The van der Waals surface area contributed by atoms with Crippen molar-refractivity contribution in [3.63, 3.8) is 0 Å². The fraction of sp³-hybridized carbons (Fsp3) is 0.526. The minimum Gasteiger partial charge on any atom is -0.299 e. The second kappa shape index (κ2) is 6.36. The topological polar surface area (TPSA) is 54.5 Å². The van der Waals surface area contributed by atoms with Gasteiger partial charge in [0.2, 0.25) is 0 Å². The number of hydrogen-bond acceptors (Lipinski definition) is 4. The Morgan fingerprint density at radius 2 is 1.91 bits per heavy atom. The number of ketones is 1. The van der Waals surface area contributed by atoms with Crippen molar-refractivity contribution in [2.45, 2.75) is 39.2 Å². The molecule has 1 saturated heterocycles. The van der Waals surface area contributed by atoms with E-state index in [9.17, 15) is 14.4 Å². The van der Waals surface area contributed by atoms with Crippen molar-refractivity contribution in [3.05, 3.63) is 34.4 Å². The molecule has 1 fully saturated rings. The van der Waals surface area contributed by atoms with Crippen molar-refractivity contribution in [2.24, 2.45) is 11.8 Å². The average Bonchev–Trinajstić information content (AvgIpc) is 2.53. The van der Waals surface area contributed by atoms with E-state index in [4.69, 9.17) is 0 Å². The zero-order valence-electron chi connectivity index (χ0n) is 13.7. The highest BCUT2D eigenvalue weighted by atomic mass is 16.1. The number of piperidine rings is 1. The maximum absolute atomic E-state index is 12.5. The summed E-state index contributed by atoms with van der Waals surface area (Å²) >= 11 is 0. The van der Waals surface area contributed by atoms with E-state index in [2.05, 4.69) is 18.7 Å². The quantitative estimate of drug-likeness (QED) is 0.802. The number of fused-ring (bicyclic) bond motifs is 3. The predicted octanol–water partition coefficient (Wildman–Crippen LogP) is 2.85. The lowest BCUT2D eigenvalue weighted by molar-refractivity contribution is -0.129. The van der Waals surface area contributed by atoms with Crippen LogP contribution in [0.4, 0.5) is 0 Å². The molecule has 3 rings (SSSR count). The minimum absolute atomic E-state index is 0.0639. The first-order valence-electron chi connectivity index (χ1n) is 8.37. The van der Waals surface area contributed by atoms with Crippen LogP contribution in [0, 0.1) is 11.8 Å². The van der Waals surface area contributed by atoms with Gasteiger partial charge in [-0.05, 0) is 42.0 Å². The van der Waals surface area contributed by atoms with Gasteiger partial charge in [0.1, 0.15) is 5.78 Å². The Morgan fingerprint density at radius 1 is 1.22 bits per heavy atom. The lowest BCUT2D eigenvalue weighted by Crippen LogP contribution is -2.46. The van der Waals surface area contributed by atoms with E-state index in [1.807, 2.05) is 12.1 Å². The van der Waals surface area contributed by atoms with Gasteiger partial charge >= 0.3 is 0 Å². The summed E-state index contributed by atoms with van der Waals surface area (Å²) in [7, 11) is 0. The van der Waals surface area contributed by atoms with Crippen molar-refractivity contribution in [1.29, 1.82) is 0 Å². The Bertz CT molecular complexity index is 650. The zero-order valence-corrected chi connectivity index (χ0v) is 13.7. The van der Waals surface area contributed by atoms with Crippen molar-refractivity contribution in [2.75, 3.05) is 13.1 Å². The number of Topliss-reactive ketones (excluding diaryl/α,β-unsaturated/α-hetero) is 1. The highest BCUT2D eigenvalue weighted by molar-refractivity contribution is 5.91. The van der Waals surface area contributed by atoms with Crippen LogP contribution < -0.4 is 0 Å². The third-order valence-electron chi connectivity index (χ3n) is 5.13. The molecule has 0 amide bonds. The molecule has 0 radical (unpaired) electrons. The van der Waals surface area contributed by atoms with E-state index in [1.165, 1.54) is 0 Å². The monoisotopic (exact) mass is 313 g/mol. The summed E-state index contributed by atoms with van der Waals surface area (Å²) in [5.41, 5.74) is 3.04. The molecule has 1 aromatic rings. The number of aldehydes is 2. The van der Waals surface area contributed by atoms with Crippen LogP contribution in [0.1, 0.15) is 64.6 Å². The molecule has 2 aliphatic rings. The first-order chi connectivity index (χ1) is 11.0. The number of benzene rings is 1. The molecule has 0 N–H and O–H groups in total. The van der Waals surface area contributed by atoms with E-state index < -0.39 is 0 Å². The lowest BCUT2D eigenvalue weighted by Gasteiger charge is -2.43. The number of carbonyl (C=O) groups is 3. The molecule has 0 spiro atoms. The van der Waals surface area contributed by atoms with E-state index in [-0.39, 0.29) is 12.0 Å². The Labute approximate surface area is 136 Å². The Morgan fingerprint density at radius 3 is 2.57 bits per heavy atom. The SMILES string of the molecule is CC(C)C[C@@H]1CN2CCc3cc(C=O)c(C=O)cc3[C@@H]2CC1=O. The Hall–Kier alpha value is -1.81. The highest BCUT2D eigenvalue weighted by Crippen LogP contribution is 2.39. The fourth-order valence-corrected chi connectivity index (χ4v) is 4.02. The molecular weight excluding hydrogens is 290 g/mol. The first kappa shape index (κ1) is 16.1. The van der Waals surface area contributed by atoms with Gasteiger partial charge in [0.15, 0.2) is 12.6 Å². The van der Waals surface area contributed by atoms with Gasteiger partial charge in [-0.15, -0.1) is 0 Å². The second-order valence-corrected chi connectivity index (χ2v) is 7.17. The van der Waals surface area contributed by atoms with Crippen molar-refractivity contribution in [1.82, 2.24) is 4.90 Å². The van der Waals surface area contributed by atoms with Crippen molar-refractivity contribution < 1.29 is 14.4 Å². The smallest absolute Gasteiger partial charge is 0.150 e. The van der Waals surface area contributed by atoms with Gasteiger partial charge in [-0.1, -0.05) is 13.8 Å². The number of hydrogen-bond donors (Lipinski definition) is 0. The van der Waals surface area contributed by atoms with E-state index in [0.717, 1.165) is 49.6 Å². The molecule has 1 aromatic carbocycles. The molecular formula is C19H23NO3. The molecule has 4 heteroatoms. The van der Waals surface area contributed by atoms with Gasteiger partial charge in [0, 0.05) is 42.6 Å². The highest BCUT2D eigenvalue weighted by Gasteiger charge is 2.38. The first-order valence-corrected chi connectivity index (χ1v) is 8.37. The van der Waals surface area contributed by atoms with Gasteiger partial charge in [0.25, 0.3) is 0 Å². The standard InChI is InChI=1S/C19H23NO3/c1-12(2)5-14-9-20-4-3-13-6-15(10-21)16(11-22)7-17(13)18(20)8-19(14)23/h6-7,10-12,14,18H,3-5,8-9H2,1-2H3/t14-,18+/m1/s1. The van der Waals surface area contributed by atoms with Crippen molar-refractivity contribution >= 4 is 18.4 Å². The summed E-state index contributed by atoms with van der Waals surface area (Å²) in [5.74, 6) is 0.988. The molecule has 2 atom stereocenters. The molecule has 122 valence electrons. The molecule has 0 aliphatic carbocycles. The lowest BCUT2D eigenvalue weighted by atomic mass is 9.79. The van der Waals surface area contributed by atoms with E-state index >= 15 is 0 Å². The van der Waals surface area contributed by atoms with Crippen LogP contribution in [-0.2, 0) is 11.2 Å². The van der Waals surface area contributed by atoms with E-state index in [0.29, 0.717) is 29.2 Å². The van der Waals surface area contributed by atoms with Gasteiger partial charge < -0.3 is 0 Å². The molecule has 2 heterocycles. The summed E-state index contributed by atoms with van der Waals surface area (Å²) in [6.45, 7) is 6.04. The maximum Gasteiger partial charge on any atom is 0.150 e. The van der Waals surface area contributed by atoms with Gasteiger partial charge in [-0.2, -0.15) is 0 Å². The molecule has 0 saturated carbocycles. The van der Waals surface area contributed by atoms with Gasteiger partial charge in [-0.25, -0.2) is 0 Å². The molecule has 0 unspecified atom stereocenters. The van der Waals surface area contributed by atoms with Crippen LogP contribution in [0.5, 0.6) is 0 Å². The molecule has 2 aliphatic heterocycles. The largest absolute Gasteiger partial charge is 0.299 e. The fourth-order valence-electron chi connectivity index (χ4n) is 4.02. The number of rotatable bonds is 4. The summed E-state index contributed by atoms with van der Waals surface area (Å²) in [6, 6.07) is 3.71. The number of nitrogens with zero attached hydrogens (tertiary/aromatic N) is 1. The van der Waals surface area contributed by atoms with Crippen molar-refractivity contribution in [3.8, 4) is 0 Å². The van der Waals surface area contributed by atoms with Crippen LogP contribution in [0.25, 0.3) is 0 Å². The Balaban J connectivity index is 1.91. The van der Waals surface area contributed by atoms with Crippen LogP contribution in [-0.4, -0.2) is 36.3 Å². The van der Waals surface area contributed by atoms with Crippen LogP contribution >= 0.6 is 0 Å². The van der Waals surface area contributed by atoms with Crippen LogP contribution in [0.3, 0.4) is 0 Å². The summed E-state index contributed by atoms with van der Waals surface area (Å²) in [6.07, 6.45) is 3.80. The van der Waals surface area contributed by atoms with Gasteiger partial charge in [-0.3, -0.25) is 19.3 Å². The Kier molecular flexibility index (Phi) is 4.44. The third kappa shape index (κ3) is 3.00. The van der Waals surface area contributed by atoms with Crippen LogP contribution in [0.2, 0.25) is 0 Å². The number of carbonyl (C=O) groups excluding carboxylic acids is 3. The van der Waals surface area contributed by atoms with E-state index in [1.54, 1.807) is 0 Å². The molecule has 0 aromatic heterocycles. The van der Waals surface area contributed by atoms with Crippen LogP contribution in [0.15, 0.2) is 12.1 Å². The average molecular weight is 313 g/mol. The summed E-state index contributed by atoms with van der Waals surface area (Å²) < 4.78 is 0. The minimum atomic E-state index is 0.0639.